The molecule has 1 aromatic carbocycles. The van der Waals surface area contributed by atoms with E-state index in [4.69, 9.17) is 4.42 Å². The monoisotopic (exact) mass is 291 g/mol. The SMILES string of the molecule is CCCN(CCC)C(=O)Cc1oc2ccc(F)cc2c1C. The van der Waals surface area contributed by atoms with Crippen molar-refractivity contribution < 1.29 is 13.6 Å². The Bertz CT molecular complexity index is 627. The van der Waals surface area contributed by atoms with E-state index in [-0.39, 0.29) is 18.1 Å². The number of nitrogens with zero attached hydrogens (tertiary/aromatic N) is 1. The summed E-state index contributed by atoms with van der Waals surface area (Å²) in [5.41, 5.74) is 1.49. The Morgan fingerprint density at radius 2 is 1.90 bits per heavy atom. The lowest BCUT2D eigenvalue weighted by Crippen LogP contribution is -2.33. The molecule has 0 fully saturated rings. The minimum atomic E-state index is -0.289. The largest absolute Gasteiger partial charge is 0.460 e. The molecule has 1 heterocycles. The predicted octanol–water partition coefficient (Wildman–Crippen LogP) is 4.07. The molecule has 0 aliphatic carbocycles. The molecule has 114 valence electrons. The molecule has 1 amide bonds. The van der Waals surface area contributed by atoms with E-state index in [1.807, 2.05) is 11.8 Å². The van der Waals surface area contributed by atoms with Crippen LogP contribution in [0.5, 0.6) is 0 Å². The molecule has 2 aromatic rings. The maximum atomic E-state index is 13.3. The number of fused-ring (bicyclic) bond motifs is 1. The van der Waals surface area contributed by atoms with Crippen molar-refractivity contribution in [2.45, 2.75) is 40.0 Å². The highest BCUT2D eigenvalue weighted by Crippen LogP contribution is 2.26. The molecule has 0 atom stereocenters. The zero-order valence-electron chi connectivity index (χ0n) is 12.9. The molecule has 4 heteroatoms. The highest BCUT2D eigenvalue weighted by atomic mass is 19.1. The van der Waals surface area contributed by atoms with Crippen LogP contribution in [0.15, 0.2) is 22.6 Å². The number of hydrogen-bond acceptors (Lipinski definition) is 2. The van der Waals surface area contributed by atoms with Gasteiger partial charge in [-0.15, -0.1) is 0 Å². The van der Waals surface area contributed by atoms with Gasteiger partial charge in [0.15, 0.2) is 0 Å². The lowest BCUT2D eigenvalue weighted by molar-refractivity contribution is -0.130. The third-order valence-electron chi connectivity index (χ3n) is 3.65. The normalized spacial score (nSPS) is 11.0. The van der Waals surface area contributed by atoms with Crippen molar-refractivity contribution in [2.75, 3.05) is 13.1 Å². The third-order valence-corrected chi connectivity index (χ3v) is 3.65. The fourth-order valence-electron chi connectivity index (χ4n) is 2.56. The number of hydrogen-bond donors (Lipinski definition) is 0. The molecule has 21 heavy (non-hydrogen) atoms. The molecule has 0 N–H and O–H groups in total. The fourth-order valence-corrected chi connectivity index (χ4v) is 2.56. The maximum Gasteiger partial charge on any atom is 0.230 e. The molecule has 0 aliphatic rings. The van der Waals surface area contributed by atoms with E-state index >= 15 is 0 Å². The van der Waals surface area contributed by atoms with E-state index in [1.165, 1.54) is 12.1 Å². The topological polar surface area (TPSA) is 33.5 Å². The average Bonchev–Trinajstić information content (AvgIpc) is 2.75. The van der Waals surface area contributed by atoms with E-state index in [9.17, 15) is 9.18 Å². The molecular weight excluding hydrogens is 269 g/mol. The Morgan fingerprint density at radius 1 is 1.24 bits per heavy atom. The summed E-state index contributed by atoms with van der Waals surface area (Å²) in [6, 6.07) is 4.44. The molecule has 1 aromatic heterocycles. The van der Waals surface area contributed by atoms with Crippen molar-refractivity contribution in [2.24, 2.45) is 0 Å². The van der Waals surface area contributed by atoms with Gasteiger partial charge in [-0.2, -0.15) is 0 Å². The van der Waals surface area contributed by atoms with Gasteiger partial charge in [-0.05, 0) is 43.5 Å². The molecule has 0 spiro atoms. The van der Waals surface area contributed by atoms with Crippen LogP contribution in [0.2, 0.25) is 0 Å². The van der Waals surface area contributed by atoms with Crippen LogP contribution >= 0.6 is 0 Å². The summed E-state index contributed by atoms with van der Waals surface area (Å²) in [4.78, 5) is 14.2. The van der Waals surface area contributed by atoms with Gasteiger partial charge < -0.3 is 9.32 Å². The molecule has 0 unspecified atom stereocenters. The Kier molecular flexibility index (Phi) is 4.99. The molecule has 0 radical (unpaired) electrons. The van der Waals surface area contributed by atoms with Gasteiger partial charge in [0, 0.05) is 18.5 Å². The van der Waals surface area contributed by atoms with Crippen LogP contribution in [0, 0.1) is 12.7 Å². The minimum absolute atomic E-state index is 0.0707. The smallest absolute Gasteiger partial charge is 0.230 e. The van der Waals surface area contributed by atoms with E-state index in [0.717, 1.165) is 36.9 Å². The lowest BCUT2D eigenvalue weighted by atomic mass is 10.1. The quantitative estimate of drug-likeness (QED) is 0.803. The molecule has 0 saturated heterocycles. The second kappa shape index (κ2) is 6.74. The number of aryl methyl sites for hydroxylation is 1. The number of rotatable bonds is 6. The van der Waals surface area contributed by atoms with Gasteiger partial charge >= 0.3 is 0 Å². The van der Waals surface area contributed by atoms with Gasteiger partial charge in [0.1, 0.15) is 17.2 Å². The zero-order chi connectivity index (χ0) is 15.4. The highest BCUT2D eigenvalue weighted by molar-refractivity contribution is 5.85. The van der Waals surface area contributed by atoms with Crippen molar-refractivity contribution in [1.29, 1.82) is 0 Å². The molecule has 0 saturated carbocycles. The highest BCUT2D eigenvalue weighted by Gasteiger charge is 2.18. The number of amides is 1. The first kappa shape index (κ1) is 15.5. The van der Waals surface area contributed by atoms with Crippen LogP contribution in [-0.2, 0) is 11.2 Å². The van der Waals surface area contributed by atoms with Gasteiger partial charge in [0.25, 0.3) is 0 Å². The van der Waals surface area contributed by atoms with E-state index in [1.54, 1.807) is 6.07 Å². The fraction of sp³-hybridized carbons (Fsp3) is 0.471. The van der Waals surface area contributed by atoms with Gasteiger partial charge in [0.2, 0.25) is 5.91 Å². The van der Waals surface area contributed by atoms with E-state index < -0.39 is 0 Å². The van der Waals surface area contributed by atoms with E-state index in [0.29, 0.717) is 11.3 Å². The van der Waals surface area contributed by atoms with E-state index in [2.05, 4.69) is 13.8 Å². The minimum Gasteiger partial charge on any atom is -0.460 e. The summed E-state index contributed by atoms with van der Waals surface area (Å²) in [7, 11) is 0. The average molecular weight is 291 g/mol. The predicted molar refractivity (Wildman–Crippen MR) is 81.8 cm³/mol. The van der Waals surface area contributed by atoms with Gasteiger partial charge in [-0.25, -0.2) is 4.39 Å². The van der Waals surface area contributed by atoms with Gasteiger partial charge in [0.05, 0.1) is 6.42 Å². The number of furan rings is 1. The van der Waals surface area contributed by atoms with Gasteiger partial charge in [-0.1, -0.05) is 13.8 Å². The Labute approximate surface area is 124 Å². The molecule has 0 bridgehead atoms. The number of benzene rings is 1. The first-order valence-corrected chi connectivity index (χ1v) is 7.52. The first-order valence-electron chi connectivity index (χ1n) is 7.52. The standard InChI is InChI=1S/C17H22FNO2/c1-4-8-19(9-5-2)17(20)11-16-12(3)14-10-13(18)6-7-15(14)21-16/h6-7,10H,4-5,8-9,11H2,1-3H3. The third kappa shape index (κ3) is 3.43. The zero-order valence-corrected chi connectivity index (χ0v) is 12.9. The number of carbonyl (C=O) groups excluding carboxylic acids is 1. The second-order valence-electron chi connectivity index (χ2n) is 5.35. The van der Waals surface area contributed by atoms with Crippen LogP contribution in [0.1, 0.15) is 38.0 Å². The van der Waals surface area contributed by atoms with Gasteiger partial charge in [-0.3, -0.25) is 4.79 Å². The number of carbonyl (C=O) groups is 1. The second-order valence-corrected chi connectivity index (χ2v) is 5.35. The molecular formula is C17H22FNO2. The first-order chi connectivity index (χ1) is 10.1. The summed E-state index contributed by atoms with van der Waals surface area (Å²) in [6.45, 7) is 7.52. The van der Waals surface area contributed by atoms with Crippen LogP contribution in [0.4, 0.5) is 4.39 Å². The molecule has 3 nitrogen and oxygen atoms in total. The van der Waals surface area contributed by atoms with Crippen molar-refractivity contribution in [3.8, 4) is 0 Å². The lowest BCUT2D eigenvalue weighted by Gasteiger charge is -2.21. The van der Waals surface area contributed by atoms with Crippen LogP contribution in [-0.4, -0.2) is 23.9 Å². The van der Waals surface area contributed by atoms with Crippen molar-refractivity contribution in [1.82, 2.24) is 4.90 Å². The number of halogens is 1. The van der Waals surface area contributed by atoms with Crippen LogP contribution in [0.25, 0.3) is 11.0 Å². The van der Waals surface area contributed by atoms with Crippen molar-refractivity contribution in [3.63, 3.8) is 0 Å². The van der Waals surface area contributed by atoms with Crippen LogP contribution in [0.3, 0.4) is 0 Å². The Morgan fingerprint density at radius 3 is 2.52 bits per heavy atom. The molecule has 0 aliphatic heterocycles. The van der Waals surface area contributed by atoms with Crippen molar-refractivity contribution in [3.05, 3.63) is 35.3 Å². The Balaban J connectivity index is 2.22. The summed E-state index contributed by atoms with van der Waals surface area (Å²) in [6.07, 6.45) is 2.12. The summed E-state index contributed by atoms with van der Waals surface area (Å²) < 4.78 is 19.0. The maximum absolute atomic E-state index is 13.3. The molecule has 2 rings (SSSR count). The summed E-state index contributed by atoms with van der Waals surface area (Å²) in [5, 5.41) is 0.746. The summed E-state index contributed by atoms with van der Waals surface area (Å²) in [5.74, 6) is 0.419. The summed E-state index contributed by atoms with van der Waals surface area (Å²) >= 11 is 0. The van der Waals surface area contributed by atoms with Crippen molar-refractivity contribution >= 4 is 16.9 Å². The van der Waals surface area contributed by atoms with Crippen LogP contribution < -0.4 is 0 Å². The Hall–Kier alpha value is -1.84.